The number of carbonyl (C=O) groups is 1. The number of imidazole rings is 1. The SMILES string of the molecule is CCc1noc(C)c1C(=O)N1CCCC(c2nccn2Cc2cccnc2)C1. The lowest BCUT2D eigenvalue weighted by Gasteiger charge is -2.32. The second-order valence-corrected chi connectivity index (χ2v) is 7.28. The zero-order valence-corrected chi connectivity index (χ0v) is 16.3. The van der Waals surface area contributed by atoms with Crippen LogP contribution in [0.4, 0.5) is 0 Å². The molecule has 1 atom stereocenters. The molecule has 146 valence electrons. The van der Waals surface area contributed by atoms with E-state index in [4.69, 9.17) is 4.52 Å². The van der Waals surface area contributed by atoms with Crippen molar-refractivity contribution >= 4 is 5.91 Å². The molecule has 0 spiro atoms. The molecule has 7 heteroatoms. The Kier molecular flexibility index (Phi) is 5.23. The third-order valence-corrected chi connectivity index (χ3v) is 5.38. The van der Waals surface area contributed by atoms with Crippen LogP contribution in [0.1, 0.15) is 58.9 Å². The zero-order chi connectivity index (χ0) is 19.5. The van der Waals surface area contributed by atoms with E-state index < -0.39 is 0 Å². The molecule has 3 aromatic rings. The van der Waals surface area contributed by atoms with Crippen LogP contribution in [-0.2, 0) is 13.0 Å². The topological polar surface area (TPSA) is 77.0 Å². The van der Waals surface area contributed by atoms with E-state index in [0.29, 0.717) is 24.3 Å². The minimum atomic E-state index is 0.0191. The van der Waals surface area contributed by atoms with Crippen molar-refractivity contribution in [1.29, 1.82) is 0 Å². The van der Waals surface area contributed by atoms with Crippen LogP contribution in [0.3, 0.4) is 0 Å². The smallest absolute Gasteiger partial charge is 0.259 e. The molecule has 1 aliphatic heterocycles. The highest BCUT2D eigenvalue weighted by Gasteiger charge is 2.31. The Hall–Kier alpha value is -2.96. The van der Waals surface area contributed by atoms with E-state index in [-0.39, 0.29) is 11.8 Å². The second kappa shape index (κ2) is 7.96. The molecular formula is C21H25N5O2. The fourth-order valence-corrected chi connectivity index (χ4v) is 3.97. The molecule has 1 unspecified atom stereocenters. The van der Waals surface area contributed by atoms with E-state index in [9.17, 15) is 4.79 Å². The van der Waals surface area contributed by atoms with Crippen LogP contribution in [0, 0.1) is 6.92 Å². The maximum Gasteiger partial charge on any atom is 0.259 e. The molecule has 1 aliphatic rings. The van der Waals surface area contributed by atoms with Gasteiger partial charge in [-0.1, -0.05) is 18.1 Å². The summed E-state index contributed by atoms with van der Waals surface area (Å²) in [6.07, 6.45) is 10.2. The van der Waals surface area contributed by atoms with Crippen molar-refractivity contribution in [2.75, 3.05) is 13.1 Å². The van der Waals surface area contributed by atoms with Gasteiger partial charge in [0.05, 0.1) is 12.2 Å². The number of hydrogen-bond donors (Lipinski definition) is 0. The first-order chi connectivity index (χ1) is 13.7. The van der Waals surface area contributed by atoms with Gasteiger partial charge in [-0.15, -0.1) is 0 Å². The van der Waals surface area contributed by atoms with E-state index >= 15 is 0 Å². The minimum absolute atomic E-state index is 0.0191. The Balaban J connectivity index is 1.53. The number of piperidine rings is 1. The molecule has 0 N–H and O–H groups in total. The monoisotopic (exact) mass is 379 g/mol. The number of amides is 1. The largest absolute Gasteiger partial charge is 0.361 e. The highest BCUT2D eigenvalue weighted by Crippen LogP contribution is 2.28. The van der Waals surface area contributed by atoms with Gasteiger partial charge in [-0.2, -0.15) is 0 Å². The average Bonchev–Trinajstić information content (AvgIpc) is 3.34. The van der Waals surface area contributed by atoms with Gasteiger partial charge in [0.25, 0.3) is 5.91 Å². The lowest BCUT2D eigenvalue weighted by Crippen LogP contribution is -2.40. The summed E-state index contributed by atoms with van der Waals surface area (Å²) in [6.45, 7) is 5.95. The van der Waals surface area contributed by atoms with Gasteiger partial charge in [0.1, 0.15) is 17.1 Å². The molecule has 1 fully saturated rings. The van der Waals surface area contributed by atoms with Crippen LogP contribution < -0.4 is 0 Å². The summed E-state index contributed by atoms with van der Waals surface area (Å²) in [5.74, 6) is 1.86. The van der Waals surface area contributed by atoms with Crippen molar-refractivity contribution in [2.45, 2.75) is 45.6 Å². The Bertz CT molecular complexity index is 947. The zero-order valence-electron chi connectivity index (χ0n) is 16.3. The molecule has 4 heterocycles. The van der Waals surface area contributed by atoms with Crippen molar-refractivity contribution in [3.8, 4) is 0 Å². The minimum Gasteiger partial charge on any atom is -0.361 e. The van der Waals surface area contributed by atoms with Gasteiger partial charge in [-0.05, 0) is 37.8 Å². The van der Waals surface area contributed by atoms with E-state index in [1.807, 2.05) is 36.5 Å². The predicted molar refractivity (Wildman–Crippen MR) is 104 cm³/mol. The first-order valence-electron chi connectivity index (χ1n) is 9.81. The molecule has 28 heavy (non-hydrogen) atoms. The standard InChI is InChI=1S/C21H25N5O2/c1-3-18-19(15(2)28-24-18)21(27)26-10-5-7-17(14-26)20-23-9-11-25(20)13-16-6-4-8-22-12-16/h4,6,8-9,11-12,17H,3,5,7,10,13-14H2,1-2H3. The molecule has 0 aliphatic carbocycles. The Morgan fingerprint density at radius 3 is 3.04 bits per heavy atom. The Labute approximate surface area is 164 Å². The molecule has 0 bridgehead atoms. The summed E-state index contributed by atoms with van der Waals surface area (Å²) in [5.41, 5.74) is 2.50. The van der Waals surface area contributed by atoms with E-state index in [1.165, 1.54) is 0 Å². The summed E-state index contributed by atoms with van der Waals surface area (Å²) >= 11 is 0. The normalized spacial score (nSPS) is 17.1. The highest BCUT2D eigenvalue weighted by atomic mass is 16.5. The molecule has 1 amide bonds. The van der Waals surface area contributed by atoms with Gasteiger partial charge in [0.2, 0.25) is 0 Å². The van der Waals surface area contributed by atoms with Crippen LogP contribution in [-0.4, -0.2) is 43.6 Å². The maximum atomic E-state index is 13.1. The van der Waals surface area contributed by atoms with Crippen LogP contribution in [0.2, 0.25) is 0 Å². The second-order valence-electron chi connectivity index (χ2n) is 7.28. The Morgan fingerprint density at radius 2 is 2.25 bits per heavy atom. The quantitative estimate of drug-likeness (QED) is 0.680. The van der Waals surface area contributed by atoms with Gasteiger partial charge < -0.3 is 14.0 Å². The number of nitrogens with zero attached hydrogens (tertiary/aromatic N) is 5. The summed E-state index contributed by atoms with van der Waals surface area (Å²) in [5, 5.41) is 4.04. The third-order valence-electron chi connectivity index (χ3n) is 5.38. The first kappa shape index (κ1) is 18.4. The summed E-state index contributed by atoms with van der Waals surface area (Å²) < 4.78 is 7.43. The predicted octanol–water partition coefficient (Wildman–Crippen LogP) is 3.21. The Morgan fingerprint density at radius 1 is 1.36 bits per heavy atom. The number of likely N-dealkylation sites (tertiary alicyclic amines) is 1. The van der Waals surface area contributed by atoms with Gasteiger partial charge in [0.15, 0.2) is 0 Å². The molecule has 1 saturated heterocycles. The van der Waals surface area contributed by atoms with E-state index in [1.54, 1.807) is 13.1 Å². The summed E-state index contributed by atoms with van der Waals surface area (Å²) in [4.78, 5) is 23.9. The molecule has 0 radical (unpaired) electrons. The molecule has 0 saturated carbocycles. The molecule has 4 rings (SSSR count). The van der Waals surface area contributed by atoms with Crippen LogP contribution in [0.25, 0.3) is 0 Å². The van der Waals surface area contributed by atoms with Gasteiger partial charge in [-0.25, -0.2) is 4.98 Å². The number of pyridine rings is 1. The fraction of sp³-hybridized carbons (Fsp3) is 0.429. The molecule has 7 nitrogen and oxygen atoms in total. The van der Waals surface area contributed by atoms with Crippen LogP contribution >= 0.6 is 0 Å². The van der Waals surface area contributed by atoms with Crippen molar-refractivity contribution in [3.63, 3.8) is 0 Å². The summed E-state index contributed by atoms with van der Waals surface area (Å²) in [6, 6.07) is 4.01. The molecular weight excluding hydrogens is 354 g/mol. The molecule has 3 aromatic heterocycles. The number of hydrogen-bond acceptors (Lipinski definition) is 5. The van der Waals surface area contributed by atoms with Crippen LogP contribution in [0.15, 0.2) is 41.4 Å². The maximum absolute atomic E-state index is 13.1. The number of aromatic nitrogens is 4. The van der Waals surface area contributed by atoms with Gasteiger partial charge >= 0.3 is 0 Å². The lowest BCUT2D eigenvalue weighted by atomic mass is 9.96. The fourth-order valence-electron chi connectivity index (χ4n) is 3.97. The van der Waals surface area contributed by atoms with Gasteiger partial charge in [0, 0.05) is 43.8 Å². The van der Waals surface area contributed by atoms with E-state index in [2.05, 4.69) is 25.8 Å². The molecule has 0 aromatic carbocycles. The van der Waals surface area contributed by atoms with Crippen LogP contribution in [0.5, 0.6) is 0 Å². The van der Waals surface area contributed by atoms with Crippen molar-refractivity contribution in [2.24, 2.45) is 0 Å². The average molecular weight is 379 g/mol. The highest BCUT2D eigenvalue weighted by molar-refractivity contribution is 5.96. The number of rotatable bonds is 5. The van der Waals surface area contributed by atoms with Gasteiger partial charge in [-0.3, -0.25) is 9.78 Å². The summed E-state index contributed by atoms with van der Waals surface area (Å²) in [7, 11) is 0. The third kappa shape index (κ3) is 3.56. The van der Waals surface area contributed by atoms with Crippen molar-refractivity contribution in [3.05, 3.63) is 65.3 Å². The number of aryl methyl sites for hydroxylation is 2. The van der Waals surface area contributed by atoms with Crippen molar-refractivity contribution in [1.82, 2.24) is 24.6 Å². The number of carbonyl (C=O) groups excluding carboxylic acids is 1. The van der Waals surface area contributed by atoms with E-state index in [0.717, 1.165) is 43.0 Å². The lowest BCUT2D eigenvalue weighted by molar-refractivity contribution is 0.0700. The first-order valence-corrected chi connectivity index (χ1v) is 9.81. The van der Waals surface area contributed by atoms with Crippen molar-refractivity contribution < 1.29 is 9.32 Å².